The molecule has 0 atom stereocenters. The van der Waals surface area contributed by atoms with Crippen LogP contribution in [0.2, 0.25) is 0 Å². The molecule has 0 unspecified atom stereocenters. The minimum Gasteiger partial charge on any atom is -0.493 e. The number of hydrogen-bond donors (Lipinski definition) is 2. The molecule has 1 saturated carbocycles. The monoisotopic (exact) mass is 448 g/mol. The molecule has 1 heterocycles. The molecule has 33 heavy (non-hydrogen) atoms. The standard InChI is InChI=1S/C27H36N4O2/c1-5-33-26-16-19(10-15-25(26)32-4)18-28-20-11-13-21(14-12-20)29-27-17-24(31(2)3)22-8-6-7-9-23(22)30-27/h6-10,15-17,20-21,28H,5,11-14,18H2,1-4H3,(H,29,30). The summed E-state index contributed by atoms with van der Waals surface area (Å²) in [7, 11) is 5.85. The summed E-state index contributed by atoms with van der Waals surface area (Å²) < 4.78 is 11.1. The summed E-state index contributed by atoms with van der Waals surface area (Å²) in [5.41, 5.74) is 3.45. The first-order valence-corrected chi connectivity index (χ1v) is 11.9. The normalized spacial score (nSPS) is 18.2. The zero-order chi connectivity index (χ0) is 23.2. The molecule has 1 aromatic heterocycles. The topological polar surface area (TPSA) is 58.7 Å². The van der Waals surface area contributed by atoms with Gasteiger partial charge in [0, 0.05) is 49.9 Å². The zero-order valence-corrected chi connectivity index (χ0v) is 20.2. The van der Waals surface area contributed by atoms with Crippen molar-refractivity contribution in [3.63, 3.8) is 0 Å². The largest absolute Gasteiger partial charge is 0.493 e. The van der Waals surface area contributed by atoms with E-state index in [-0.39, 0.29) is 0 Å². The lowest BCUT2D eigenvalue weighted by atomic mass is 9.91. The van der Waals surface area contributed by atoms with Gasteiger partial charge < -0.3 is 25.0 Å². The Morgan fingerprint density at radius 2 is 1.73 bits per heavy atom. The highest BCUT2D eigenvalue weighted by atomic mass is 16.5. The molecule has 176 valence electrons. The average Bonchev–Trinajstić information content (AvgIpc) is 2.83. The fourth-order valence-corrected chi connectivity index (χ4v) is 4.61. The molecular formula is C27H36N4O2. The van der Waals surface area contributed by atoms with Gasteiger partial charge in [0.1, 0.15) is 5.82 Å². The summed E-state index contributed by atoms with van der Waals surface area (Å²) in [4.78, 5) is 7.03. The van der Waals surface area contributed by atoms with Crippen LogP contribution < -0.4 is 25.0 Å². The molecule has 1 aliphatic carbocycles. The quantitative estimate of drug-likeness (QED) is 0.468. The van der Waals surface area contributed by atoms with E-state index in [1.54, 1.807) is 7.11 Å². The molecule has 0 amide bonds. The molecule has 0 bridgehead atoms. The van der Waals surface area contributed by atoms with Gasteiger partial charge in [-0.2, -0.15) is 0 Å². The van der Waals surface area contributed by atoms with Crippen molar-refractivity contribution in [2.45, 2.75) is 51.2 Å². The molecule has 0 spiro atoms. The van der Waals surface area contributed by atoms with E-state index in [2.05, 4.69) is 72.1 Å². The number of aromatic nitrogens is 1. The van der Waals surface area contributed by atoms with Gasteiger partial charge in [-0.1, -0.05) is 24.3 Å². The lowest BCUT2D eigenvalue weighted by Crippen LogP contribution is -2.36. The number of anilines is 2. The van der Waals surface area contributed by atoms with E-state index in [0.29, 0.717) is 18.7 Å². The van der Waals surface area contributed by atoms with Crippen LogP contribution in [0.25, 0.3) is 10.9 Å². The zero-order valence-electron chi connectivity index (χ0n) is 20.2. The predicted octanol–water partition coefficient (Wildman–Crippen LogP) is 5.22. The van der Waals surface area contributed by atoms with Crippen LogP contribution in [0.3, 0.4) is 0 Å². The number of benzene rings is 2. The van der Waals surface area contributed by atoms with Crippen molar-refractivity contribution in [1.82, 2.24) is 10.3 Å². The number of nitrogens with zero attached hydrogens (tertiary/aromatic N) is 2. The van der Waals surface area contributed by atoms with E-state index < -0.39 is 0 Å². The fraction of sp³-hybridized carbons (Fsp3) is 0.444. The molecular weight excluding hydrogens is 412 g/mol. The summed E-state index contributed by atoms with van der Waals surface area (Å²) >= 11 is 0. The molecule has 1 aliphatic rings. The van der Waals surface area contributed by atoms with Crippen LogP contribution in [-0.2, 0) is 6.54 Å². The maximum atomic E-state index is 5.71. The van der Waals surface area contributed by atoms with E-state index in [9.17, 15) is 0 Å². The van der Waals surface area contributed by atoms with Gasteiger partial charge in [0.25, 0.3) is 0 Å². The number of methoxy groups -OCH3 is 1. The van der Waals surface area contributed by atoms with Crippen molar-refractivity contribution >= 4 is 22.4 Å². The maximum absolute atomic E-state index is 5.71. The van der Waals surface area contributed by atoms with Crippen LogP contribution >= 0.6 is 0 Å². The Kier molecular flexibility index (Phi) is 7.55. The van der Waals surface area contributed by atoms with Crippen molar-refractivity contribution in [3.8, 4) is 11.5 Å². The van der Waals surface area contributed by atoms with Gasteiger partial charge in [-0.3, -0.25) is 0 Å². The summed E-state index contributed by atoms with van der Waals surface area (Å²) in [5, 5.41) is 8.62. The van der Waals surface area contributed by atoms with Crippen molar-refractivity contribution in [2.24, 2.45) is 0 Å². The lowest BCUT2D eigenvalue weighted by Gasteiger charge is -2.30. The van der Waals surface area contributed by atoms with Gasteiger partial charge in [-0.05, 0) is 56.4 Å². The molecule has 6 nitrogen and oxygen atoms in total. The number of para-hydroxylation sites is 1. The van der Waals surface area contributed by atoms with Crippen LogP contribution in [0.1, 0.15) is 38.2 Å². The molecule has 4 rings (SSSR count). The van der Waals surface area contributed by atoms with E-state index >= 15 is 0 Å². The minimum absolute atomic E-state index is 0.456. The molecule has 2 N–H and O–H groups in total. The Bertz CT molecular complexity index is 1060. The van der Waals surface area contributed by atoms with Gasteiger partial charge in [0.15, 0.2) is 11.5 Å². The van der Waals surface area contributed by atoms with Gasteiger partial charge in [0.2, 0.25) is 0 Å². The first-order chi connectivity index (χ1) is 16.1. The summed E-state index contributed by atoms with van der Waals surface area (Å²) in [6.07, 6.45) is 4.58. The number of pyridine rings is 1. The minimum atomic E-state index is 0.456. The number of nitrogens with one attached hydrogen (secondary N) is 2. The van der Waals surface area contributed by atoms with E-state index in [1.807, 2.05) is 13.0 Å². The number of rotatable bonds is 9. The third-order valence-corrected chi connectivity index (χ3v) is 6.38. The van der Waals surface area contributed by atoms with Crippen molar-refractivity contribution in [3.05, 3.63) is 54.1 Å². The van der Waals surface area contributed by atoms with Crippen LogP contribution in [0.15, 0.2) is 48.5 Å². The fourth-order valence-electron chi connectivity index (χ4n) is 4.61. The second-order valence-corrected chi connectivity index (χ2v) is 8.93. The third-order valence-electron chi connectivity index (χ3n) is 6.38. The number of hydrogen-bond acceptors (Lipinski definition) is 6. The Morgan fingerprint density at radius 3 is 2.45 bits per heavy atom. The van der Waals surface area contributed by atoms with Crippen LogP contribution in [0, 0.1) is 0 Å². The Balaban J connectivity index is 1.32. The highest BCUT2D eigenvalue weighted by Crippen LogP contribution is 2.30. The SMILES string of the molecule is CCOc1cc(CNC2CCC(Nc3cc(N(C)C)c4ccccc4n3)CC2)ccc1OC. The highest BCUT2D eigenvalue weighted by molar-refractivity contribution is 5.93. The van der Waals surface area contributed by atoms with Crippen LogP contribution in [0.4, 0.5) is 11.5 Å². The van der Waals surface area contributed by atoms with Gasteiger partial charge in [-0.15, -0.1) is 0 Å². The maximum Gasteiger partial charge on any atom is 0.161 e. The van der Waals surface area contributed by atoms with Gasteiger partial charge >= 0.3 is 0 Å². The lowest BCUT2D eigenvalue weighted by molar-refractivity contribution is 0.310. The highest BCUT2D eigenvalue weighted by Gasteiger charge is 2.21. The van der Waals surface area contributed by atoms with Crippen molar-refractivity contribution in [1.29, 1.82) is 0 Å². The number of ether oxygens (including phenoxy) is 2. The van der Waals surface area contributed by atoms with E-state index in [1.165, 1.54) is 16.6 Å². The molecule has 6 heteroatoms. The molecule has 1 fully saturated rings. The van der Waals surface area contributed by atoms with E-state index in [4.69, 9.17) is 14.5 Å². The molecule has 2 aromatic carbocycles. The predicted molar refractivity (Wildman–Crippen MR) is 137 cm³/mol. The first-order valence-electron chi connectivity index (χ1n) is 11.9. The van der Waals surface area contributed by atoms with Gasteiger partial charge in [-0.25, -0.2) is 4.98 Å². The first kappa shape index (κ1) is 23.2. The molecule has 0 saturated heterocycles. The molecule has 0 radical (unpaired) electrons. The number of fused-ring (bicyclic) bond motifs is 1. The van der Waals surface area contributed by atoms with Crippen molar-refractivity contribution < 1.29 is 9.47 Å². The third kappa shape index (κ3) is 5.69. The Morgan fingerprint density at radius 1 is 0.970 bits per heavy atom. The second kappa shape index (κ2) is 10.8. The summed E-state index contributed by atoms with van der Waals surface area (Å²) in [6.45, 7) is 3.46. The Hall–Kier alpha value is -2.99. The van der Waals surface area contributed by atoms with E-state index in [0.717, 1.165) is 55.1 Å². The van der Waals surface area contributed by atoms with Crippen LogP contribution in [-0.4, -0.2) is 44.9 Å². The molecule has 3 aromatic rings. The van der Waals surface area contributed by atoms with Crippen LogP contribution in [0.5, 0.6) is 11.5 Å². The molecule has 0 aliphatic heterocycles. The second-order valence-electron chi connectivity index (χ2n) is 8.93. The average molecular weight is 449 g/mol. The summed E-state index contributed by atoms with van der Waals surface area (Å²) in [5.74, 6) is 2.56. The Labute approximate surface area is 197 Å². The summed E-state index contributed by atoms with van der Waals surface area (Å²) in [6, 6.07) is 17.7. The van der Waals surface area contributed by atoms with Crippen molar-refractivity contribution in [2.75, 3.05) is 38.0 Å². The smallest absolute Gasteiger partial charge is 0.161 e. The van der Waals surface area contributed by atoms with Gasteiger partial charge in [0.05, 0.1) is 19.2 Å².